The van der Waals surface area contributed by atoms with Gasteiger partial charge in [0.1, 0.15) is 5.75 Å². The van der Waals surface area contributed by atoms with Crippen molar-refractivity contribution in [2.75, 3.05) is 21.3 Å². The fraction of sp³-hybridized carbons (Fsp3) is 0.176. The molecule has 7 heteroatoms. The van der Waals surface area contributed by atoms with Crippen molar-refractivity contribution in [1.29, 1.82) is 0 Å². The van der Waals surface area contributed by atoms with Crippen LogP contribution in [-0.4, -0.2) is 33.5 Å². The average Bonchev–Trinajstić information content (AvgIpc) is 2.61. The van der Waals surface area contributed by atoms with Gasteiger partial charge in [0.15, 0.2) is 11.5 Å². The Morgan fingerprint density at radius 3 is 2.29 bits per heavy atom. The van der Waals surface area contributed by atoms with Crippen molar-refractivity contribution < 1.29 is 19.0 Å². The minimum absolute atomic E-state index is 0.321. The SMILES string of the molecule is COc1cc(OC)c(OC)cc1/C=N/NC(=O)c1ccccc1Br. The highest BCUT2D eigenvalue weighted by Crippen LogP contribution is 2.33. The van der Waals surface area contributed by atoms with E-state index in [1.807, 2.05) is 6.07 Å². The molecule has 126 valence electrons. The van der Waals surface area contributed by atoms with Gasteiger partial charge >= 0.3 is 0 Å². The lowest BCUT2D eigenvalue weighted by atomic mass is 10.2. The van der Waals surface area contributed by atoms with Gasteiger partial charge in [0, 0.05) is 16.1 Å². The van der Waals surface area contributed by atoms with Crippen LogP contribution in [0.2, 0.25) is 0 Å². The van der Waals surface area contributed by atoms with Crippen LogP contribution in [0.5, 0.6) is 17.2 Å². The van der Waals surface area contributed by atoms with Crippen LogP contribution in [-0.2, 0) is 0 Å². The molecule has 0 radical (unpaired) electrons. The molecule has 1 N–H and O–H groups in total. The normalized spacial score (nSPS) is 10.5. The summed E-state index contributed by atoms with van der Waals surface area (Å²) in [5.74, 6) is 1.31. The topological polar surface area (TPSA) is 69.2 Å². The van der Waals surface area contributed by atoms with Gasteiger partial charge in [-0.2, -0.15) is 5.10 Å². The summed E-state index contributed by atoms with van der Waals surface area (Å²) in [6.07, 6.45) is 1.48. The Balaban J connectivity index is 2.19. The molecule has 6 nitrogen and oxygen atoms in total. The molecule has 0 aromatic heterocycles. The first-order valence-corrected chi connectivity index (χ1v) is 7.78. The molecule has 0 aliphatic heterocycles. The molecule has 0 spiro atoms. The number of carbonyl (C=O) groups excluding carboxylic acids is 1. The summed E-state index contributed by atoms with van der Waals surface area (Å²) >= 11 is 3.33. The van der Waals surface area contributed by atoms with Gasteiger partial charge in [0.25, 0.3) is 5.91 Å². The van der Waals surface area contributed by atoms with E-state index >= 15 is 0 Å². The lowest BCUT2D eigenvalue weighted by Gasteiger charge is -2.11. The summed E-state index contributed by atoms with van der Waals surface area (Å²) in [4.78, 5) is 12.1. The largest absolute Gasteiger partial charge is 0.496 e. The number of rotatable bonds is 6. The van der Waals surface area contributed by atoms with Gasteiger partial charge in [-0.15, -0.1) is 0 Å². The first kappa shape index (κ1) is 17.8. The molecule has 0 heterocycles. The molecule has 0 unspecified atom stereocenters. The zero-order valence-corrected chi connectivity index (χ0v) is 15.1. The zero-order valence-electron chi connectivity index (χ0n) is 13.5. The molecule has 0 fully saturated rings. The number of hydrogen-bond acceptors (Lipinski definition) is 5. The van der Waals surface area contributed by atoms with Crippen LogP contribution in [0.15, 0.2) is 46.0 Å². The number of ether oxygens (including phenoxy) is 3. The van der Waals surface area contributed by atoms with Crippen LogP contribution in [0.3, 0.4) is 0 Å². The Morgan fingerprint density at radius 2 is 1.67 bits per heavy atom. The van der Waals surface area contributed by atoms with Crippen molar-refractivity contribution in [2.45, 2.75) is 0 Å². The summed E-state index contributed by atoms with van der Waals surface area (Å²) < 4.78 is 16.5. The van der Waals surface area contributed by atoms with Gasteiger partial charge in [-0.3, -0.25) is 4.79 Å². The number of halogens is 1. The molecule has 24 heavy (non-hydrogen) atoms. The third-order valence-corrected chi connectivity index (χ3v) is 3.92. The van der Waals surface area contributed by atoms with Crippen molar-refractivity contribution in [2.24, 2.45) is 5.10 Å². The molecule has 2 rings (SSSR count). The van der Waals surface area contributed by atoms with E-state index in [9.17, 15) is 4.79 Å². The van der Waals surface area contributed by atoms with Crippen LogP contribution in [0.4, 0.5) is 0 Å². The Morgan fingerprint density at radius 1 is 1.04 bits per heavy atom. The monoisotopic (exact) mass is 392 g/mol. The van der Waals surface area contributed by atoms with E-state index in [0.717, 1.165) is 0 Å². The van der Waals surface area contributed by atoms with E-state index in [-0.39, 0.29) is 5.91 Å². The lowest BCUT2D eigenvalue weighted by molar-refractivity contribution is 0.0954. The first-order valence-electron chi connectivity index (χ1n) is 6.98. The Bertz CT molecular complexity index is 762. The summed E-state index contributed by atoms with van der Waals surface area (Å²) in [6, 6.07) is 10.5. The second-order valence-electron chi connectivity index (χ2n) is 4.63. The van der Waals surface area contributed by atoms with Crippen LogP contribution in [0.25, 0.3) is 0 Å². The lowest BCUT2D eigenvalue weighted by Crippen LogP contribution is -2.18. The third-order valence-electron chi connectivity index (χ3n) is 3.22. The van der Waals surface area contributed by atoms with Gasteiger partial charge in [0.2, 0.25) is 0 Å². The summed E-state index contributed by atoms with van der Waals surface area (Å²) in [5, 5.41) is 3.98. The molecule has 0 bridgehead atoms. The quantitative estimate of drug-likeness (QED) is 0.605. The van der Waals surface area contributed by atoms with Crippen molar-refractivity contribution in [3.05, 3.63) is 52.0 Å². The molecular weight excluding hydrogens is 376 g/mol. The van der Waals surface area contributed by atoms with E-state index in [1.54, 1.807) is 44.6 Å². The molecule has 0 aliphatic carbocycles. The van der Waals surface area contributed by atoms with Crippen LogP contribution < -0.4 is 19.6 Å². The smallest absolute Gasteiger partial charge is 0.272 e. The number of amides is 1. The molecule has 2 aromatic rings. The number of hydrogen-bond donors (Lipinski definition) is 1. The van der Waals surface area contributed by atoms with Crippen molar-refractivity contribution >= 4 is 28.1 Å². The molecular formula is C17H17BrN2O4. The number of benzene rings is 2. The standard InChI is InChI=1S/C17H17BrN2O4/c1-22-14-9-16(24-3)15(23-2)8-11(14)10-19-20-17(21)12-6-4-5-7-13(12)18/h4-10H,1-3H3,(H,20,21)/b19-10+. The number of hydrazone groups is 1. The summed E-state index contributed by atoms with van der Waals surface area (Å²) in [7, 11) is 4.63. The predicted molar refractivity (Wildman–Crippen MR) is 95.3 cm³/mol. The average molecular weight is 393 g/mol. The molecule has 0 saturated carbocycles. The van der Waals surface area contributed by atoms with E-state index in [1.165, 1.54) is 13.3 Å². The summed E-state index contributed by atoms with van der Waals surface area (Å²) in [6.45, 7) is 0. The van der Waals surface area contributed by atoms with Crippen molar-refractivity contribution in [3.8, 4) is 17.2 Å². The highest BCUT2D eigenvalue weighted by Gasteiger charge is 2.11. The Kier molecular flexibility index (Phi) is 6.20. The van der Waals surface area contributed by atoms with Crippen LogP contribution >= 0.6 is 15.9 Å². The van der Waals surface area contributed by atoms with Gasteiger partial charge in [-0.05, 0) is 34.1 Å². The van der Waals surface area contributed by atoms with Gasteiger partial charge < -0.3 is 14.2 Å². The van der Waals surface area contributed by atoms with Gasteiger partial charge in [-0.25, -0.2) is 5.43 Å². The second kappa shape index (κ2) is 8.35. The highest BCUT2D eigenvalue weighted by atomic mass is 79.9. The van der Waals surface area contributed by atoms with E-state index in [2.05, 4.69) is 26.5 Å². The highest BCUT2D eigenvalue weighted by molar-refractivity contribution is 9.10. The maximum Gasteiger partial charge on any atom is 0.272 e. The Hall–Kier alpha value is -2.54. The molecule has 0 atom stereocenters. The molecule has 2 aromatic carbocycles. The molecule has 0 saturated heterocycles. The van der Waals surface area contributed by atoms with Crippen LogP contribution in [0.1, 0.15) is 15.9 Å². The maximum absolute atomic E-state index is 12.1. The zero-order chi connectivity index (χ0) is 17.5. The fourth-order valence-electron chi connectivity index (χ4n) is 2.02. The third kappa shape index (κ3) is 4.05. The fourth-order valence-corrected chi connectivity index (χ4v) is 2.48. The number of carbonyl (C=O) groups is 1. The first-order chi connectivity index (χ1) is 11.6. The van der Waals surface area contributed by atoms with E-state index in [0.29, 0.717) is 32.8 Å². The Labute approximate surface area is 148 Å². The van der Waals surface area contributed by atoms with Crippen molar-refractivity contribution in [3.63, 3.8) is 0 Å². The predicted octanol–water partition coefficient (Wildman–Crippen LogP) is 3.24. The summed E-state index contributed by atoms with van der Waals surface area (Å²) in [5.41, 5.74) is 3.61. The number of nitrogens with zero attached hydrogens (tertiary/aromatic N) is 1. The second-order valence-corrected chi connectivity index (χ2v) is 5.48. The van der Waals surface area contributed by atoms with Gasteiger partial charge in [-0.1, -0.05) is 12.1 Å². The van der Waals surface area contributed by atoms with E-state index in [4.69, 9.17) is 14.2 Å². The molecule has 0 aliphatic rings. The van der Waals surface area contributed by atoms with Gasteiger partial charge in [0.05, 0.1) is 33.1 Å². The molecule has 1 amide bonds. The van der Waals surface area contributed by atoms with E-state index < -0.39 is 0 Å². The number of methoxy groups -OCH3 is 3. The van der Waals surface area contributed by atoms with Crippen LogP contribution in [0, 0.1) is 0 Å². The maximum atomic E-state index is 12.1. The number of nitrogens with one attached hydrogen (secondary N) is 1. The minimum atomic E-state index is -0.321. The van der Waals surface area contributed by atoms with Crippen molar-refractivity contribution in [1.82, 2.24) is 5.43 Å². The minimum Gasteiger partial charge on any atom is -0.496 e.